The van der Waals surface area contributed by atoms with Gasteiger partial charge in [0.25, 0.3) is 0 Å². The standard InChI is InChI=1S/C33H56O4/c1-20(2)8-7-9-21(3)26-12-13-27-25-11-10-23-18-24(37-30-19-29(34)31(35)22(4)36-30)14-16-32(23,5)28(25)15-17-33(26,27)6/h10,20-22,24-31,34-35H,7-9,11-19H2,1-6H3/t21-,22+,24+,25+,26-,27+,28+,29+,30+,31+,32+,33-/m1/s1. The Morgan fingerprint density at radius 1 is 1.03 bits per heavy atom. The third-order valence-electron chi connectivity index (χ3n) is 12.3. The Kier molecular flexibility index (Phi) is 8.26. The first-order valence-corrected chi connectivity index (χ1v) is 15.9. The lowest BCUT2D eigenvalue weighted by molar-refractivity contribution is -0.262. The highest BCUT2D eigenvalue weighted by molar-refractivity contribution is 5.25. The molecule has 5 rings (SSSR count). The van der Waals surface area contributed by atoms with Gasteiger partial charge in [-0.3, -0.25) is 0 Å². The van der Waals surface area contributed by atoms with Crippen molar-refractivity contribution in [1.29, 1.82) is 0 Å². The van der Waals surface area contributed by atoms with Crippen molar-refractivity contribution in [3.63, 3.8) is 0 Å². The number of fused-ring (bicyclic) bond motifs is 5. The summed E-state index contributed by atoms with van der Waals surface area (Å²) in [5.74, 6) is 5.20. The lowest BCUT2D eigenvalue weighted by atomic mass is 9.47. The van der Waals surface area contributed by atoms with Crippen LogP contribution in [-0.4, -0.2) is 40.9 Å². The van der Waals surface area contributed by atoms with E-state index in [-0.39, 0.29) is 12.2 Å². The van der Waals surface area contributed by atoms with E-state index in [1.54, 1.807) is 5.57 Å². The van der Waals surface area contributed by atoms with Gasteiger partial charge in [-0.2, -0.15) is 0 Å². The molecule has 0 aromatic rings. The van der Waals surface area contributed by atoms with E-state index in [0.29, 0.717) is 17.3 Å². The molecule has 4 fully saturated rings. The lowest BCUT2D eigenvalue weighted by Crippen LogP contribution is -2.52. The summed E-state index contributed by atoms with van der Waals surface area (Å²) in [5.41, 5.74) is 2.50. The minimum atomic E-state index is -0.817. The molecule has 12 atom stereocenters. The normalized spacial score (nSPS) is 48.7. The molecule has 1 heterocycles. The molecule has 4 nitrogen and oxygen atoms in total. The quantitative estimate of drug-likeness (QED) is 0.349. The van der Waals surface area contributed by atoms with E-state index < -0.39 is 18.5 Å². The smallest absolute Gasteiger partial charge is 0.161 e. The van der Waals surface area contributed by atoms with Crippen LogP contribution in [0.15, 0.2) is 11.6 Å². The number of ether oxygens (including phenoxy) is 2. The van der Waals surface area contributed by atoms with Gasteiger partial charge in [-0.1, -0.05) is 65.5 Å². The monoisotopic (exact) mass is 516 g/mol. The van der Waals surface area contributed by atoms with Gasteiger partial charge >= 0.3 is 0 Å². The molecule has 4 heteroatoms. The van der Waals surface area contributed by atoms with Gasteiger partial charge in [-0.05, 0) is 105 Å². The van der Waals surface area contributed by atoms with Gasteiger partial charge in [0.1, 0.15) is 6.10 Å². The van der Waals surface area contributed by atoms with Gasteiger partial charge < -0.3 is 19.7 Å². The molecule has 4 aliphatic carbocycles. The van der Waals surface area contributed by atoms with Crippen molar-refractivity contribution in [1.82, 2.24) is 0 Å². The molecule has 0 bridgehead atoms. The van der Waals surface area contributed by atoms with E-state index in [9.17, 15) is 10.2 Å². The van der Waals surface area contributed by atoms with Crippen molar-refractivity contribution in [2.24, 2.45) is 46.3 Å². The first-order valence-electron chi connectivity index (χ1n) is 15.9. The molecular formula is C33H56O4. The number of aliphatic hydroxyl groups excluding tert-OH is 2. The number of hydrogen-bond acceptors (Lipinski definition) is 4. The van der Waals surface area contributed by atoms with E-state index in [2.05, 4.69) is 40.7 Å². The fraction of sp³-hybridized carbons (Fsp3) is 0.939. The lowest BCUT2D eigenvalue weighted by Gasteiger charge is -2.58. The molecule has 0 aromatic heterocycles. The summed E-state index contributed by atoms with van der Waals surface area (Å²) in [6.45, 7) is 14.4. The maximum absolute atomic E-state index is 10.2. The SMILES string of the molecule is CC(C)CCC[C@@H](C)[C@H]1CC[C@H]2[C@@H]3CC=C4C[C@@H](O[C@H]5C[C@H](O)[C@@H](O)[C@H](C)O5)CC[C@]4(C)[C@H]3CC[C@]12C. The van der Waals surface area contributed by atoms with Crippen molar-refractivity contribution >= 4 is 0 Å². The predicted molar refractivity (Wildman–Crippen MR) is 149 cm³/mol. The fourth-order valence-corrected chi connectivity index (χ4v) is 10.1. The Bertz CT molecular complexity index is 811. The fourth-order valence-electron chi connectivity index (χ4n) is 10.1. The maximum Gasteiger partial charge on any atom is 0.161 e. The molecule has 1 saturated heterocycles. The van der Waals surface area contributed by atoms with Crippen LogP contribution in [0.25, 0.3) is 0 Å². The molecule has 0 spiro atoms. The zero-order valence-electron chi connectivity index (χ0n) is 24.6. The van der Waals surface area contributed by atoms with Gasteiger partial charge in [-0.25, -0.2) is 0 Å². The van der Waals surface area contributed by atoms with Gasteiger partial charge in [-0.15, -0.1) is 0 Å². The second-order valence-electron chi connectivity index (χ2n) is 14.9. The zero-order chi connectivity index (χ0) is 26.5. The second kappa shape index (κ2) is 10.9. The van der Waals surface area contributed by atoms with Crippen LogP contribution in [0.2, 0.25) is 0 Å². The van der Waals surface area contributed by atoms with Crippen LogP contribution in [0.4, 0.5) is 0 Å². The largest absolute Gasteiger partial charge is 0.390 e. The van der Waals surface area contributed by atoms with Crippen LogP contribution in [-0.2, 0) is 9.47 Å². The molecule has 5 aliphatic rings. The highest BCUT2D eigenvalue weighted by Gasteiger charge is 2.59. The minimum absolute atomic E-state index is 0.159. The van der Waals surface area contributed by atoms with E-state index in [1.807, 2.05) is 6.92 Å². The molecule has 1 aliphatic heterocycles. The second-order valence-corrected chi connectivity index (χ2v) is 14.9. The molecule has 37 heavy (non-hydrogen) atoms. The maximum atomic E-state index is 10.2. The van der Waals surface area contributed by atoms with Crippen LogP contribution in [0, 0.1) is 46.3 Å². The highest BCUT2D eigenvalue weighted by Crippen LogP contribution is 2.67. The molecule has 2 N–H and O–H groups in total. The highest BCUT2D eigenvalue weighted by atomic mass is 16.7. The summed E-state index contributed by atoms with van der Waals surface area (Å²) in [7, 11) is 0. The van der Waals surface area contributed by atoms with Gasteiger partial charge in [0, 0.05) is 6.42 Å². The summed E-state index contributed by atoms with van der Waals surface area (Å²) in [6, 6.07) is 0. The summed E-state index contributed by atoms with van der Waals surface area (Å²) in [4.78, 5) is 0. The molecule has 0 radical (unpaired) electrons. The van der Waals surface area contributed by atoms with Crippen LogP contribution >= 0.6 is 0 Å². The number of aliphatic hydroxyl groups is 2. The van der Waals surface area contributed by atoms with Crippen LogP contribution < -0.4 is 0 Å². The average molecular weight is 517 g/mol. The first kappa shape index (κ1) is 28.1. The van der Waals surface area contributed by atoms with Gasteiger partial charge in [0.05, 0.1) is 18.3 Å². The topological polar surface area (TPSA) is 58.9 Å². The Labute approximate surface area is 227 Å². The molecule has 0 amide bonds. The number of allylic oxidation sites excluding steroid dienone is 1. The Balaban J connectivity index is 1.23. The predicted octanol–water partition coefficient (Wildman–Crippen LogP) is 7.27. The van der Waals surface area contributed by atoms with Crippen molar-refractivity contribution in [3.8, 4) is 0 Å². The van der Waals surface area contributed by atoms with Crippen molar-refractivity contribution in [3.05, 3.63) is 11.6 Å². The molecular weight excluding hydrogens is 460 g/mol. The van der Waals surface area contributed by atoms with Crippen LogP contribution in [0.1, 0.15) is 119 Å². The van der Waals surface area contributed by atoms with Crippen molar-refractivity contribution in [2.45, 2.75) is 149 Å². The summed E-state index contributed by atoms with van der Waals surface area (Å²) in [5, 5.41) is 20.2. The van der Waals surface area contributed by atoms with Crippen LogP contribution in [0.5, 0.6) is 0 Å². The van der Waals surface area contributed by atoms with Gasteiger partial charge in [0.15, 0.2) is 6.29 Å². The van der Waals surface area contributed by atoms with E-state index in [4.69, 9.17) is 9.47 Å². The number of rotatable bonds is 7. The van der Waals surface area contributed by atoms with E-state index in [0.717, 1.165) is 48.3 Å². The summed E-state index contributed by atoms with van der Waals surface area (Å²) < 4.78 is 12.3. The summed E-state index contributed by atoms with van der Waals surface area (Å²) in [6.07, 6.45) is 15.3. The van der Waals surface area contributed by atoms with Crippen molar-refractivity contribution < 1.29 is 19.7 Å². The third-order valence-corrected chi connectivity index (χ3v) is 12.3. The van der Waals surface area contributed by atoms with E-state index >= 15 is 0 Å². The van der Waals surface area contributed by atoms with E-state index in [1.165, 1.54) is 57.8 Å². The molecule has 0 unspecified atom stereocenters. The molecule has 3 saturated carbocycles. The van der Waals surface area contributed by atoms with Crippen LogP contribution in [0.3, 0.4) is 0 Å². The molecule has 212 valence electrons. The Morgan fingerprint density at radius 3 is 2.54 bits per heavy atom. The number of hydrogen-bond donors (Lipinski definition) is 2. The summed E-state index contributed by atoms with van der Waals surface area (Å²) >= 11 is 0. The third kappa shape index (κ3) is 5.23. The average Bonchev–Trinajstić information content (AvgIpc) is 3.20. The zero-order valence-corrected chi connectivity index (χ0v) is 24.6. The molecule has 0 aromatic carbocycles. The first-order chi connectivity index (χ1) is 17.5. The van der Waals surface area contributed by atoms with Gasteiger partial charge in [0.2, 0.25) is 0 Å². The Hall–Kier alpha value is -0.420. The minimum Gasteiger partial charge on any atom is -0.390 e. The van der Waals surface area contributed by atoms with Crippen molar-refractivity contribution in [2.75, 3.05) is 0 Å². The Morgan fingerprint density at radius 2 is 1.81 bits per heavy atom.